The molecule has 2 rings (SSSR count). The van der Waals surface area contributed by atoms with Crippen LogP contribution >= 0.6 is 0 Å². The molecule has 0 bridgehead atoms. The number of halogens is 1. The van der Waals surface area contributed by atoms with Gasteiger partial charge in [0, 0.05) is 11.2 Å². The third kappa shape index (κ3) is 2.45. The first-order valence-electron chi connectivity index (χ1n) is 6.99. The summed E-state index contributed by atoms with van der Waals surface area (Å²) in [5, 5.41) is 0. The molecule has 0 amide bonds. The minimum atomic E-state index is -0.631. The number of anilines is 1. The Bertz CT molecular complexity index is 513. The third-order valence-electron chi connectivity index (χ3n) is 4.34. The van der Waals surface area contributed by atoms with E-state index < -0.39 is 18.3 Å². The van der Waals surface area contributed by atoms with E-state index in [0.29, 0.717) is 11.2 Å². The van der Waals surface area contributed by atoms with Gasteiger partial charge in [0.2, 0.25) is 0 Å². The molecule has 0 spiro atoms. The average Bonchev–Trinajstić information content (AvgIpc) is 2.50. The number of benzene rings is 1. The monoisotopic (exact) mass is 279 g/mol. The van der Waals surface area contributed by atoms with Crippen molar-refractivity contribution in [2.75, 3.05) is 5.73 Å². The lowest BCUT2D eigenvalue weighted by molar-refractivity contribution is 0.00578. The van der Waals surface area contributed by atoms with Gasteiger partial charge in [0.25, 0.3) is 0 Å². The highest BCUT2D eigenvalue weighted by Gasteiger charge is 2.52. The van der Waals surface area contributed by atoms with Crippen LogP contribution in [-0.4, -0.2) is 18.3 Å². The summed E-state index contributed by atoms with van der Waals surface area (Å²) in [6, 6.07) is 2.89. The third-order valence-corrected chi connectivity index (χ3v) is 4.34. The summed E-state index contributed by atoms with van der Waals surface area (Å²) in [5.41, 5.74) is 7.17. The molecule has 0 atom stereocenters. The van der Waals surface area contributed by atoms with E-state index in [0.717, 1.165) is 5.56 Å². The van der Waals surface area contributed by atoms with E-state index in [1.807, 2.05) is 41.5 Å². The van der Waals surface area contributed by atoms with E-state index in [9.17, 15) is 4.39 Å². The minimum Gasteiger partial charge on any atom is -0.399 e. The first kappa shape index (κ1) is 15.3. The summed E-state index contributed by atoms with van der Waals surface area (Å²) in [5.74, 6) is -0.167. The van der Waals surface area contributed by atoms with Crippen molar-refractivity contribution >= 4 is 18.3 Å². The smallest absolute Gasteiger partial charge is 0.399 e. The Balaban J connectivity index is 2.45. The van der Waals surface area contributed by atoms with Gasteiger partial charge in [-0.1, -0.05) is 13.8 Å². The molecular weight excluding hydrogens is 256 g/mol. The van der Waals surface area contributed by atoms with Crippen LogP contribution in [0.1, 0.15) is 53.0 Å². The zero-order valence-electron chi connectivity index (χ0n) is 13.1. The molecule has 1 aliphatic heterocycles. The van der Waals surface area contributed by atoms with Crippen LogP contribution in [0.4, 0.5) is 10.1 Å². The summed E-state index contributed by atoms with van der Waals surface area (Å²) in [4.78, 5) is 0. The van der Waals surface area contributed by atoms with Crippen LogP contribution in [-0.2, 0) is 9.31 Å². The maximum atomic E-state index is 13.8. The van der Waals surface area contributed by atoms with Crippen molar-refractivity contribution in [3.63, 3.8) is 0 Å². The lowest BCUT2D eigenvalue weighted by Gasteiger charge is -2.32. The van der Waals surface area contributed by atoms with Gasteiger partial charge in [0.15, 0.2) is 0 Å². The highest BCUT2D eigenvalue weighted by atomic mass is 19.1. The molecule has 0 unspecified atom stereocenters. The van der Waals surface area contributed by atoms with Gasteiger partial charge in [0.1, 0.15) is 5.82 Å². The van der Waals surface area contributed by atoms with Gasteiger partial charge in [-0.25, -0.2) is 4.39 Å². The molecule has 1 saturated heterocycles. The fourth-order valence-electron chi connectivity index (χ4n) is 2.30. The van der Waals surface area contributed by atoms with Crippen LogP contribution in [0.5, 0.6) is 0 Å². The molecule has 3 nitrogen and oxygen atoms in total. The van der Waals surface area contributed by atoms with E-state index in [2.05, 4.69) is 0 Å². The molecule has 110 valence electrons. The number of rotatable bonds is 2. The lowest BCUT2D eigenvalue weighted by Crippen LogP contribution is -2.41. The SMILES string of the molecule is CC(C)c1cc(F)cc(B2OC(C)(C)C(C)(C)O2)c1N. The van der Waals surface area contributed by atoms with Gasteiger partial charge in [-0.2, -0.15) is 0 Å². The first-order valence-corrected chi connectivity index (χ1v) is 6.99. The Kier molecular flexibility index (Phi) is 3.63. The fraction of sp³-hybridized carbons (Fsp3) is 0.600. The quantitative estimate of drug-likeness (QED) is 0.668. The van der Waals surface area contributed by atoms with Gasteiger partial charge < -0.3 is 15.0 Å². The van der Waals surface area contributed by atoms with E-state index in [4.69, 9.17) is 15.0 Å². The predicted molar refractivity (Wildman–Crippen MR) is 80.6 cm³/mol. The standard InChI is InChI=1S/C15H23BFNO2/c1-9(2)11-7-10(17)8-12(13(11)18)16-19-14(3,4)15(5,6)20-16/h7-9H,18H2,1-6H3. The zero-order valence-corrected chi connectivity index (χ0v) is 13.1. The molecule has 1 heterocycles. The number of hydrogen-bond donors (Lipinski definition) is 1. The Morgan fingerprint density at radius 1 is 1.10 bits per heavy atom. The van der Waals surface area contributed by atoms with Gasteiger partial charge in [0.05, 0.1) is 11.2 Å². The number of nitrogen functional groups attached to an aromatic ring is 1. The van der Waals surface area contributed by atoms with Crippen molar-refractivity contribution in [1.29, 1.82) is 0 Å². The second kappa shape index (κ2) is 4.74. The average molecular weight is 279 g/mol. The van der Waals surface area contributed by atoms with Crippen LogP contribution in [0.3, 0.4) is 0 Å². The van der Waals surface area contributed by atoms with Crippen LogP contribution in [0.2, 0.25) is 0 Å². The van der Waals surface area contributed by atoms with Crippen LogP contribution < -0.4 is 11.2 Å². The van der Waals surface area contributed by atoms with Gasteiger partial charge in [-0.3, -0.25) is 0 Å². The maximum Gasteiger partial charge on any atom is 0.497 e. The van der Waals surface area contributed by atoms with Gasteiger partial charge >= 0.3 is 7.12 Å². The Hall–Kier alpha value is -1.07. The van der Waals surface area contributed by atoms with Crippen molar-refractivity contribution < 1.29 is 13.7 Å². The summed E-state index contributed by atoms with van der Waals surface area (Å²) in [7, 11) is -0.631. The molecule has 1 fully saturated rings. The fourth-order valence-corrected chi connectivity index (χ4v) is 2.30. The summed E-state index contributed by atoms with van der Waals surface area (Å²) in [6.45, 7) is 11.8. The Morgan fingerprint density at radius 3 is 2.05 bits per heavy atom. The number of nitrogens with two attached hydrogens (primary N) is 1. The molecule has 0 aliphatic carbocycles. The topological polar surface area (TPSA) is 44.5 Å². The van der Waals surface area contributed by atoms with Crippen molar-refractivity contribution in [3.05, 3.63) is 23.5 Å². The van der Waals surface area contributed by atoms with Crippen molar-refractivity contribution in [2.45, 2.75) is 58.7 Å². The van der Waals surface area contributed by atoms with Crippen LogP contribution in [0.25, 0.3) is 0 Å². The van der Waals surface area contributed by atoms with Crippen molar-refractivity contribution in [3.8, 4) is 0 Å². The van der Waals surface area contributed by atoms with Gasteiger partial charge in [-0.05, 0) is 51.3 Å². The molecular formula is C15H23BFNO2. The summed E-state index contributed by atoms with van der Waals surface area (Å²) in [6.07, 6.45) is 0. The first-order chi connectivity index (χ1) is 9.05. The van der Waals surface area contributed by atoms with Gasteiger partial charge in [-0.15, -0.1) is 0 Å². The highest BCUT2D eigenvalue weighted by molar-refractivity contribution is 6.64. The summed E-state index contributed by atoms with van der Waals surface area (Å²) >= 11 is 0. The molecule has 0 radical (unpaired) electrons. The van der Waals surface area contributed by atoms with E-state index in [-0.39, 0.29) is 11.7 Å². The normalized spacial score (nSPS) is 20.7. The van der Waals surface area contributed by atoms with E-state index in [1.54, 1.807) is 0 Å². The van der Waals surface area contributed by atoms with Crippen molar-refractivity contribution in [1.82, 2.24) is 0 Å². The highest BCUT2D eigenvalue weighted by Crippen LogP contribution is 2.37. The molecule has 2 N–H and O–H groups in total. The molecule has 1 aromatic rings. The second-order valence-electron chi connectivity index (χ2n) is 6.74. The van der Waals surface area contributed by atoms with E-state index in [1.165, 1.54) is 12.1 Å². The minimum absolute atomic E-state index is 0.145. The number of hydrogen-bond acceptors (Lipinski definition) is 3. The molecule has 1 aromatic carbocycles. The molecule has 1 aliphatic rings. The molecule has 20 heavy (non-hydrogen) atoms. The van der Waals surface area contributed by atoms with Crippen LogP contribution in [0.15, 0.2) is 12.1 Å². The Labute approximate surface area is 120 Å². The summed E-state index contributed by atoms with van der Waals surface area (Å²) < 4.78 is 25.7. The van der Waals surface area contributed by atoms with Crippen LogP contribution in [0, 0.1) is 5.82 Å². The maximum absolute atomic E-state index is 13.8. The zero-order chi connectivity index (χ0) is 15.3. The molecule has 0 saturated carbocycles. The molecule has 5 heteroatoms. The largest absolute Gasteiger partial charge is 0.497 e. The predicted octanol–water partition coefficient (Wildman–Crippen LogP) is 2.83. The Morgan fingerprint density at radius 2 is 1.60 bits per heavy atom. The van der Waals surface area contributed by atoms with Crippen molar-refractivity contribution in [2.24, 2.45) is 0 Å². The lowest BCUT2D eigenvalue weighted by atomic mass is 9.76. The molecule has 0 aromatic heterocycles. The second-order valence-corrected chi connectivity index (χ2v) is 6.74. The van der Waals surface area contributed by atoms with E-state index >= 15 is 0 Å².